The average molecular weight is 452 g/mol. The van der Waals surface area contributed by atoms with Crippen LogP contribution in [0.2, 0.25) is 0 Å². The topological polar surface area (TPSA) is 67.8 Å². The van der Waals surface area contributed by atoms with Gasteiger partial charge in [-0.05, 0) is 57.7 Å². The summed E-state index contributed by atoms with van der Waals surface area (Å²) in [6.07, 6.45) is 1.01. The molecule has 1 fully saturated rings. The number of thioether (sulfide) groups is 1. The minimum atomic E-state index is -0.812. The molecule has 0 aromatic heterocycles. The summed E-state index contributed by atoms with van der Waals surface area (Å²) in [6, 6.07) is 13.4. The standard InChI is InChI=1S/C20H22BrNO4S/c1-2-13-3-6-15(7-4-13)25-9-10-26-18-8-5-14(11-16(18)21)19-22-17(12-27-19)20(23)24/h3-8,11,17,19,22H,2,9-10,12H2,1H3,(H,23,24). The number of hydrogen-bond acceptors (Lipinski definition) is 5. The summed E-state index contributed by atoms with van der Waals surface area (Å²) >= 11 is 5.13. The number of carboxylic acid groups (broad SMARTS) is 1. The molecule has 2 atom stereocenters. The van der Waals surface area contributed by atoms with Gasteiger partial charge in [0.25, 0.3) is 0 Å². The van der Waals surface area contributed by atoms with E-state index < -0.39 is 12.0 Å². The van der Waals surface area contributed by atoms with E-state index >= 15 is 0 Å². The fourth-order valence-corrected chi connectivity index (χ4v) is 4.47. The molecule has 0 spiro atoms. The summed E-state index contributed by atoms with van der Waals surface area (Å²) in [6.45, 7) is 3.02. The van der Waals surface area contributed by atoms with Crippen molar-refractivity contribution in [3.05, 3.63) is 58.1 Å². The molecule has 0 aliphatic carbocycles. The van der Waals surface area contributed by atoms with Gasteiger partial charge in [0.15, 0.2) is 0 Å². The van der Waals surface area contributed by atoms with Crippen molar-refractivity contribution in [2.45, 2.75) is 24.8 Å². The van der Waals surface area contributed by atoms with Gasteiger partial charge in [0.2, 0.25) is 0 Å². The minimum absolute atomic E-state index is 0.0223. The number of carbonyl (C=O) groups is 1. The lowest BCUT2D eigenvalue weighted by Gasteiger charge is -2.14. The van der Waals surface area contributed by atoms with Crippen molar-refractivity contribution in [1.29, 1.82) is 0 Å². The molecular formula is C20H22BrNO4S. The molecule has 1 aliphatic heterocycles. The van der Waals surface area contributed by atoms with Gasteiger partial charge < -0.3 is 14.6 Å². The average Bonchev–Trinajstić information content (AvgIpc) is 3.17. The number of halogens is 1. The maximum atomic E-state index is 11.1. The quantitative estimate of drug-likeness (QED) is 0.584. The van der Waals surface area contributed by atoms with Crippen molar-refractivity contribution < 1.29 is 19.4 Å². The molecule has 27 heavy (non-hydrogen) atoms. The van der Waals surface area contributed by atoms with Crippen molar-refractivity contribution in [1.82, 2.24) is 5.32 Å². The maximum absolute atomic E-state index is 11.1. The third-order valence-electron chi connectivity index (χ3n) is 4.28. The summed E-state index contributed by atoms with van der Waals surface area (Å²) in [4.78, 5) is 11.1. The van der Waals surface area contributed by atoms with Gasteiger partial charge in [-0.2, -0.15) is 0 Å². The molecular weight excluding hydrogens is 430 g/mol. The number of aryl methyl sites for hydroxylation is 1. The molecule has 1 saturated heterocycles. The summed E-state index contributed by atoms with van der Waals surface area (Å²) in [5, 5.41) is 12.2. The Balaban J connectivity index is 1.48. The summed E-state index contributed by atoms with van der Waals surface area (Å²) in [5.41, 5.74) is 2.31. The molecule has 3 rings (SSSR count). The Kier molecular flexibility index (Phi) is 7.04. The highest BCUT2D eigenvalue weighted by Crippen LogP contribution is 2.36. The van der Waals surface area contributed by atoms with E-state index in [1.54, 1.807) is 11.8 Å². The van der Waals surface area contributed by atoms with Gasteiger partial charge in [-0.25, -0.2) is 0 Å². The SMILES string of the molecule is CCc1ccc(OCCOc2ccc(C3NC(C(=O)O)CS3)cc2Br)cc1. The molecule has 5 nitrogen and oxygen atoms in total. The highest BCUT2D eigenvalue weighted by Gasteiger charge is 2.30. The molecule has 2 N–H and O–H groups in total. The Labute approximate surface area is 171 Å². The largest absolute Gasteiger partial charge is 0.490 e. The molecule has 1 aliphatic rings. The molecule has 0 amide bonds. The van der Waals surface area contributed by atoms with Crippen LogP contribution in [0.15, 0.2) is 46.9 Å². The Morgan fingerprint density at radius 2 is 1.96 bits per heavy atom. The zero-order valence-corrected chi connectivity index (χ0v) is 17.4. The van der Waals surface area contributed by atoms with E-state index in [0.717, 1.165) is 28.0 Å². The summed E-state index contributed by atoms with van der Waals surface area (Å²) < 4.78 is 12.3. The summed E-state index contributed by atoms with van der Waals surface area (Å²) in [5.74, 6) is 1.32. The second kappa shape index (κ2) is 9.48. The van der Waals surface area contributed by atoms with Crippen LogP contribution in [0.25, 0.3) is 0 Å². The van der Waals surface area contributed by atoms with Crippen molar-refractivity contribution >= 4 is 33.7 Å². The molecule has 1 heterocycles. The van der Waals surface area contributed by atoms with Crippen LogP contribution in [0, 0.1) is 0 Å². The van der Waals surface area contributed by atoms with E-state index in [4.69, 9.17) is 14.6 Å². The van der Waals surface area contributed by atoms with Crippen molar-refractivity contribution in [3.8, 4) is 11.5 Å². The third-order valence-corrected chi connectivity index (χ3v) is 6.17. The predicted molar refractivity (Wildman–Crippen MR) is 111 cm³/mol. The van der Waals surface area contributed by atoms with E-state index in [1.807, 2.05) is 30.3 Å². The number of carboxylic acids is 1. The molecule has 2 unspecified atom stereocenters. The highest BCUT2D eigenvalue weighted by molar-refractivity contribution is 9.10. The molecule has 7 heteroatoms. The predicted octanol–water partition coefficient (Wildman–Crippen LogP) is 4.26. The monoisotopic (exact) mass is 451 g/mol. The van der Waals surface area contributed by atoms with Gasteiger partial charge in [0, 0.05) is 5.75 Å². The van der Waals surface area contributed by atoms with Gasteiger partial charge in [-0.15, -0.1) is 11.8 Å². The Morgan fingerprint density at radius 3 is 2.59 bits per heavy atom. The zero-order valence-electron chi connectivity index (χ0n) is 15.0. The minimum Gasteiger partial charge on any atom is -0.490 e. The van der Waals surface area contributed by atoms with Crippen LogP contribution < -0.4 is 14.8 Å². The first-order valence-electron chi connectivity index (χ1n) is 8.81. The van der Waals surface area contributed by atoms with E-state index in [9.17, 15) is 4.79 Å². The van der Waals surface area contributed by atoms with Gasteiger partial charge >= 0.3 is 5.97 Å². The van der Waals surface area contributed by atoms with E-state index in [0.29, 0.717) is 19.0 Å². The number of aliphatic carboxylic acids is 1. The van der Waals surface area contributed by atoms with Crippen LogP contribution in [0.4, 0.5) is 0 Å². The number of hydrogen-bond donors (Lipinski definition) is 2. The lowest BCUT2D eigenvalue weighted by Crippen LogP contribution is -2.33. The molecule has 0 bridgehead atoms. The van der Waals surface area contributed by atoms with Crippen LogP contribution in [0.3, 0.4) is 0 Å². The van der Waals surface area contributed by atoms with Gasteiger partial charge in [0.05, 0.1) is 9.85 Å². The van der Waals surface area contributed by atoms with Gasteiger partial charge in [0.1, 0.15) is 30.8 Å². The lowest BCUT2D eigenvalue weighted by atomic mass is 10.2. The number of ether oxygens (including phenoxy) is 2. The zero-order chi connectivity index (χ0) is 19.2. The Morgan fingerprint density at radius 1 is 1.22 bits per heavy atom. The molecule has 0 radical (unpaired) electrons. The lowest BCUT2D eigenvalue weighted by molar-refractivity contribution is -0.138. The first-order valence-corrected chi connectivity index (χ1v) is 10.7. The molecule has 144 valence electrons. The first-order chi connectivity index (χ1) is 13.1. The van der Waals surface area contributed by atoms with Crippen LogP contribution in [0.5, 0.6) is 11.5 Å². The van der Waals surface area contributed by atoms with E-state index in [2.05, 4.69) is 40.3 Å². The van der Waals surface area contributed by atoms with Crippen molar-refractivity contribution in [2.75, 3.05) is 19.0 Å². The molecule has 2 aromatic carbocycles. The first kappa shape index (κ1) is 20.0. The Hall–Kier alpha value is -1.70. The van der Waals surface area contributed by atoms with E-state index in [1.165, 1.54) is 5.56 Å². The van der Waals surface area contributed by atoms with Gasteiger partial charge in [-0.1, -0.05) is 25.1 Å². The van der Waals surface area contributed by atoms with Crippen molar-refractivity contribution in [3.63, 3.8) is 0 Å². The molecule has 2 aromatic rings. The van der Waals surface area contributed by atoms with Crippen LogP contribution in [-0.2, 0) is 11.2 Å². The number of rotatable bonds is 8. The van der Waals surface area contributed by atoms with Gasteiger partial charge in [-0.3, -0.25) is 10.1 Å². The smallest absolute Gasteiger partial charge is 0.321 e. The van der Waals surface area contributed by atoms with Crippen molar-refractivity contribution in [2.24, 2.45) is 0 Å². The normalized spacial score (nSPS) is 19.0. The van der Waals surface area contributed by atoms with Crippen LogP contribution >= 0.6 is 27.7 Å². The van der Waals surface area contributed by atoms with Crippen LogP contribution in [0.1, 0.15) is 23.4 Å². The van der Waals surface area contributed by atoms with E-state index in [-0.39, 0.29) is 5.37 Å². The fraction of sp³-hybridized carbons (Fsp3) is 0.350. The second-order valence-corrected chi connectivity index (χ2v) is 8.15. The fourth-order valence-electron chi connectivity index (χ4n) is 2.74. The second-order valence-electron chi connectivity index (χ2n) is 6.16. The maximum Gasteiger partial charge on any atom is 0.321 e. The number of benzene rings is 2. The van der Waals surface area contributed by atoms with Crippen LogP contribution in [-0.4, -0.2) is 36.1 Å². The molecule has 0 saturated carbocycles. The Bertz CT molecular complexity index is 784. The highest BCUT2D eigenvalue weighted by atomic mass is 79.9. The third kappa shape index (κ3) is 5.40. The number of nitrogens with one attached hydrogen (secondary N) is 1. The summed E-state index contributed by atoms with van der Waals surface area (Å²) in [7, 11) is 0.